The summed E-state index contributed by atoms with van der Waals surface area (Å²) in [7, 11) is 0. The Labute approximate surface area is 134 Å². The fraction of sp³-hybridized carbons (Fsp3) is 0.0667. The summed E-state index contributed by atoms with van der Waals surface area (Å²) in [6.45, 7) is 0.00963. The molecule has 0 amide bonds. The van der Waals surface area contributed by atoms with Gasteiger partial charge in [0.25, 0.3) is 0 Å². The number of carboxylic acid groups (broad SMARTS) is 1. The first-order chi connectivity index (χ1) is 10.5. The van der Waals surface area contributed by atoms with Crippen LogP contribution in [0.15, 0.2) is 52.1 Å². The Morgan fingerprint density at radius 3 is 2.41 bits per heavy atom. The fourth-order valence-corrected chi connectivity index (χ4v) is 1.90. The topological polar surface area (TPSA) is 99.4 Å². The average molecular weight is 366 g/mol. The molecule has 2 rings (SSSR count). The van der Waals surface area contributed by atoms with E-state index in [1.54, 1.807) is 12.1 Å². The second-order valence-electron chi connectivity index (χ2n) is 4.35. The van der Waals surface area contributed by atoms with Crippen LogP contribution in [0.1, 0.15) is 11.1 Å². The Morgan fingerprint density at radius 1 is 1.14 bits per heavy atom. The smallest absolute Gasteiger partial charge is 0.358 e. The molecule has 2 aromatic rings. The second kappa shape index (κ2) is 6.95. The molecule has 0 heterocycles. The predicted molar refractivity (Wildman–Crippen MR) is 82.9 cm³/mol. The van der Waals surface area contributed by atoms with Crippen molar-refractivity contribution in [2.75, 3.05) is 0 Å². The highest BCUT2D eigenvalue weighted by atomic mass is 79.9. The van der Waals surface area contributed by atoms with Crippen LogP contribution in [0, 0.1) is 0 Å². The van der Waals surface area contributed by atoms with Gasteiger partial charge in [0.1, 0.15) is 18.1 Å². The van der Waals surface area contributed by atoms with Gasteiger partial charge in [-0.15, -0.1) is 0 Å². The van der Waals surface area contributed by atoms with E-state index < -0.39 is 5.97 Å². The van der Waals surface area contributed by atoms with Crippen LogP contribution in [0.2, 0.25) is 0 Å². The van der Waals surface area contributed by atoms with E-state index >= 15 is 0 Å². The highest BCUT2D eigenvalue weighted by molar-refractivity contribution is 9.10. The van der Waals surface area contributed by atoms with Crippen LogP contribution in [-0.4, -0.2) is 27.0 Å². The first-order valence-electron chi connectivity index (χ1n) is 6.17. The summed E-state index contributed by atoms with van der Waals surface area (Å²) in [5.41, 5.74) is 0.671. The van der Waals surface area contributed by atoms with Crippen molar-refractivity contribution < 1.29 is 25.0 Å². The number of nitrogens with zero attached hydrogens (tertiary/aromatic N) is 1. The van der Waals surface area contributed by atoms with E-state index in [9.17, 15) is 15.0 Å². The van der Waals surface area contributed by atoms with Gasteiger partial charge in [-0.3, -0.25) is 0 Å². The van der Waals surface area contributed by atoms with Gasteiger partial charge in [-0.1, -0.05) is 11.2 Å². The largest absolute Gasteiger partial charge is 0.508 e. The van der Waals surface area contributed by atoms with Crippen LogP contribution in [0.25, 0.3) is 0 Å². The molecular weight excluding hydrogens is 354 g/mol. The van der Waals surface area contributed by atoms with Gasteiger partial charge in [0, 0.05) is 5.56 Å². The summed E-state index contributed by atoms with van der Waals surface area (Å²) >= 11 is 3.16. The number of phenolic OH excluding ortho intramolecular Hbond substituents is 2. The van der Waals surface area contributed by atoms with Crippen LogP contribution in [0.3, 0.4) is 0 Å². The van der Waals surface area contributed by atoms with Crippen LogP contribution >= 0.6 is 15.9 Å². The third-order valence-corrected chi connectivity index (χ3v) is 3.41. The van der Waals surface area contributed by atoms with Gasteiger partial charge >= 0.3 is 5.97 Å². The highest BCUT2D eigenvalue weighted by Crippen LogP contribution is 2.24. The third-order valence-electron chi connectivity index (χ3n) is 2.74. The molecular formula is C15H12BrNO5. The number of aromatic hydroxyl groups is 2. The number of hydrogen-bond donors (Lipinski definition) is 3. The standard InChI is InChI=1S/C15H12BrNO5/c16-12-6-1-9(7-13(12)19)8-22-17-14(15(20)21)10-2-4-11(18)5-3-10/h1-7,18-19H,8H2,(H,20,21). The lowest BCUT2D eigenvalue weighted by Gasteiger charge is -2.05. The number of halogens is 1. The van der Waals surface area contributed by atoms with Crippen LogP contribution in [0.5, 0.6) is 11.5 Å². The first kappa shape index (κ1) is 15.8. The Kier molecular flexibility index (Phi) is 5.00. The molecule has 114 valence electrons. The lowest BCUT2D eigenvalue weighted by molar-refractivity contribution is -0.129. The highest BCUT2D eigenvalue weighted by Gasteiger charge is 2.13. The van der Waals surface area contributed by atoms with E-state index in [1.807, 2.05) is 0 Å². The van der Waals surface area contributed by atoms with Gasteiger partial charge in [0.05, 0.1) is 4.47 Å². The van der Waals surface area contributed by atoms with Crippen LogP contribution in [0.4, 0.5) is 0 Å². The molecule has 0 unspecified atom stereocenters. The number of aliphatic carboxylic acids is 1. The maximum absolute atomic E-state index is 11.2. The van der Waals surface area contributed by atoms with Crippen molar-refractivity contribution in [2.45, 2.75) is 6.61 Å². The number of oxime groups is 1. The van der Waals surface area contributed by atoms with Crippen LogP contribution < -0.4 is 0 Å². The number of phenols is 2. The molecule has 0 saturated carbocycles. The van der Waals surface area contributed by atoms with Crippen molar-refractivity contribution in [3.63, 3.8) is 0 Å². The molecule has 6 nitrogen and oxygen atoms in total. The molecule has 0 saturated heterocycles. The Hall–Kier alpha value is -2.54. The van der Waals surface area contributed by atoms with Crippen LogP contribution in [-0.2, 0) is 16.2 Å². The van der Waals surface area contributed by atoms with Gasteiger partial charge in [0.15, 0.2) is 5.71 Å². The number of benzene rings is 2. The minimum absolute atomic E-state index is 0.00963. The van der Waals surface area contributed by atoms with E-state index in [2.05, 4.69) is 21.1 Å². The Bertz CT molecular complexity index is 712. The quantitative estimate of drug-likeness (QED) is 0.558. The molecule has 0 aliphatic heterocycles. The minimum atomic E-state index is -1.25. The van der Waals surface area contributed by atoms with E-state index in [4.69, 9.17) is 9.94 Å². The Morgan fingerprint density at radius 2 is 1.82 bits per heavy atom. The molecule has 0 bridgehead atoms. The molecule has 7 heteroatoms. The number of rotatable bonds is 5. The summed E-state index contributed by atoms with van der Waals surface area (Å²) in [6.07, 6.45) is 0. The SMILES string of the molecule is O=C(O)C(=NOCc1ccc(Br)c(O)c1)c1ccc(O)cc1. The molecule has 0 atom stereocenters. The van der Waals surface area contributed by atoms with Crippen molar-refractivity contribution in [3.05, 3.63) is 58.1 Å². The zero-order chi connectivity index (χ0) is 16.1. The van der Waals surface area contributed by atoms with E-state index in [0.29, 0.717) is 15.6 Å². The lowest BCUT2D eigenvalue weighted by Crippen LogP contribution is -2.15. The molecule has 0 fully saturated rings. The molecule has 0 aliphatic carbocycles. The number of hydrogen-bond acceptors (Lipinski definition) is 5. The van der Waals surface area contributed by atoms with Gasteiger partial charge < -0.3 is 20.2 Å². The van der Waals surface area contributed by atoms with E-state index in [1.165, 1.54) is 30.3 Å². The number of carbonyl (C=O) groups is 1. The third kappa shape index (κ3) is 3.98. The number of carboxylic acids is 1. The maximum atomic E-state index is 11.2. The monoisotopic (exact) mass is 365 g/mol. The van der Waals surface area contributed by atoms with Crippen molar-refractivity contribution in [2.24, 2.45) is 5.16 Å². The summed E-state index contributed by atoms with van der Waals surface area (Å²) in [4.78, 5) is 16.2. The Balaban J connectivity index is 2.12. The molecule has 0 aliphatic rings. The molecule has 22 heavy (non-hydrogen) atoms. The van der Waals surface area contributed by atoms with Gasteiger partial charge in [-0.25, -0.2) is 4.79 Å². The molecule has 0 aromatic heterocycles. The van der Waals surface area contributed by atoms with Crippen molar-refractivity contribution in [1.82, 2.24) is 0 Å². The normalized spacial score (nSPS) is 11.2. The molecule has 0 spiro atoms. The minimum Gasteiger partial charge on any atom is -0.508 e. The second-order valence-corrected chi connectivity index (χ2v) is 5.21. The van der Waals surface area contributed by atoms with Crippen molar-refractivity contribution >= 4 is 27.6 Å². The van der Waals surface area contributed by atoms with Crippen molar-refractivity contribution in [3.8, 4) is 11.5 Å². The van der Waals surface area contributed by atoms with Gasteiger partial charge in [0.2, 0.25) is 0 Å². The molecule has 3 N–H and O–H groups in total. The van der Waals surface area contributed by atoms with Gasteiger partial charge in [-0.05, 0) is 57.9 Å². The summed E-state index contributed by atoms with van der Waals surface area (Å²) in [6, 6.07) is 10.4. The van der Waals surface area contributed by atoms with E-state index in [-0.39, 0.29) is 23.8 Å². The van der Waals surface area contributed by atoms with Crippen molar-refractivity contribution in [1.29, 1.82) is 0 Å². The lowest BCUT2D eigenvalue weighted by atomic mass is 10.1. The summed E-state index contributed by atoms with van der Waals surface area (Å²) in [5, 5.41) is 31.5. The summed E-state index contributed by atoms with van der Waals surface area (Å²) < 4.78 is 0.551. The molecule has 0 radical (unpaired) electrons. The maximum Gasteiger partial charge on any atom is 0.358 e. The first-order valence-corrected chi connectivity index (χ1v) is 6.96. The zero-order valence-corrected chi connectivity index (χ0v) is 12.8. The fourth-order valence-electron chi connectivity index (χ4n) is 1.65. The average Bonchev–Trinajstić information content (AvgIpc) is 2.48. The predicted octanol–water partition coefficient (Wildman–Crippen LogP) is 2.87. The summed E-state index contributed by atoms with van der Waals surface area (Å²) in [5.74, 6) is -1.16. The zero-order valence-electron chi connectivity index (χ0n) is 11.2. The van der Waals surface area contributed by atoms with Gasteiger partial charge in [-0.2, -0.15) is 0 Å². The van der Waals surface area contributed by atoms with E-state index in [0.717, 1.165) is 0 Å². The molecule has 2 aromatic carbocycles.